The fourth-order valence-electron chi connectivity index (χ4n) is 1.38. The van der Waals surface area contributed by atoms with Crippen molar-refractivity contribution >= 4 is 11.9 Å². The van der Waals surface area contributed by atoms with Gasteiger partial charge < -0.3 is 15.4 Å². The third-order valence-electron chi connectivity index (χ3n) is 2.27. The molecule has 3 N–H and O–H groups in total. The van der Waals surface area contributed by atoms with E-state index in [1.807, 2.05) is 0 Å². The quantitative estimate of drug-likeness (QED) is 0.576. The molecule has 0 aliphatic carbocycles. The molecule has 0 saturated carbocycles. The van der Waals surface area contributed by atoms with Gasteiger partial charge in [-0.25, -0.2) is 4.79 Å². The van der Waals surface area contributed by atoms with Crippen molar-refractivity contribution < 1.29 is 14.3 Å². The van der Waals surface area contributed by atoms with Crippen LogP contribution in [0.5, 0.6) is 0 Å². The summed E-state index contributed by atoms with van der Waals surface area (Å²) in [4.78, 5) is 22.3. The Morgan fingerprint density at radius 3 is 2.73 bits per heavy atom. The van der Waals surface area contributed by atoms with Gasteiger partial charge in [-0.05, 0) is 13.3 Å². The molecule has 0 aromatic heterocycles. The average molecular weight is 215 g/mol. The summed E-state index contributed by atoms with van der Waals surface area (Å²) >= 11 is 0. The van der Waals surface area contributed by atoms with Gasteiger partial charge >= 0.3 is 6.03 Å². The molecule has 2 atom stereocenters. The SMILES string of the molecule is CNC(=O)NC(=O)C(C)NC1CCOC1. The van der Waals surface area contributed by atoms with Crippen LogP contribution in [0.3, 0.4) is 0 Å². The third-order valence-corrected chi connectivity index (χ3v) is 2.27. The molecule has 1 rings (SSSR count). The minimum absolute atomic E-state index is 0.204. The molecule has 0 aromatic carbocycles. The molecule has 0 bridgehead atoms. The number of rotatable bonds is 3. The van der Waals surface area contributed by atoms with Crippen LogP contribution in [0.15, 0.2) is 0 Å². The van der Waals surface area contributed by atoms with Gasteiger partial charge in [-0.3, -0.25) is 10.1 Å². The summed E-state index contributed by atoms with van der Waals surface area (Å²) < 4.78 is 5.17. The highest BCUT2D eigenvalue weighted by molar-refractivity contribution is 5.96. The predicted molar refractivity (Wildman–Crippen MR) is 54.4 cm³/mol. The molecular weight excluding hydrogens is 198 g/mol. The van der Waals surface area contributed by atoms with Crippen molar-refractivity contribution in [3.8, 4) is 0 Å². The van der Waals surface area contributed by atoms with Crippen LogP contribution >= 0.6 is 0 Å². The first-order chi connectivity index (χ1) is 7.13. The lowest BCUT2D eigenvalue weighted by molar-refractivity contribution is -0.121. The zero-order valence-corrected chi connectivity index (χ0v) is 9.00. The number of hydrogen-bond donors (Lipinski definition) is 3. The summed E-state index contributed by atoms with van der Waals surface area (Å²) in [6.07, 6.45) is 0.900. The van der Waals surface area contributed by atoms with Crippen LogP contribution in [0.4, 0.5) is 4.79 Å². The van der Waals surface area contributed by atoms with E-state index in [0.717, 1.165) is 13.0 Å². The smallest absolute Gasteiger partial charge is 0.321 e. The normalized spacial score (nSPS) is 22.1. The zero-order chi connectivity index (χ0) is 11.3. The number of carbonyl (C=O) groups is 2. The summed E-state index contributed by atoms with van der Waals surface area (Å²) in [6, 6.07) is -0.680. The van der Waals surface area contributed by atoms with Gasteiger partial charge in [0.05, 0.1) is 12.6 Å². The summed E-state index contributed by atoms with van der Waals surface area (Å²) in [6.45, 7) is 3.07. The molecule has 1 heterocycles. The molecule has 0 aromatic rings. The number of urea groups is 1. The zero-order valence-electron chi connectivity index (χ0n) is 9.00. The van der Waals surface area contributed by atoms with Crippen molar-refractivity contribution in [1.82, 2.24) is 16.0 Å². The van der Waals surface area contributed by atoms with Crippen LogP contribution in [-0.2, 0) is 9.53 Å². The molecule has 6 nitrogen and oxygen atoms in total. The van der Waals surface area contributed by atoms with Crippen LogP contribution < -0.4 is 16.0 Å². The van der Waals surface area contributed by atoms with Crippen molar-refractivity contribution in [1.29, 1.82) is 0 Å². The Morgan fingerprint density at radius 1 is 1.47 bits per heavy atom. The van der Waals surface area contributed by atoms with Crippen molar-refractivity contribution in [2.45, 2.75) is 25.4 Å². The van der Waals surface area contributed by atoms with Crippen LogP contribution in [0.25, 0.3) is 0 Å². The molecule has 1 saturated heterocycles. The fraction of sp³-hybridized carbons (Fsp3) is 0.778. The summed E-state index contributed by atoms with van der Waals surface area (Å²) in [5, 5.41) is 7.62. The number of amides is 3. The second kappa shape index (κ2) is 5.67. The minimum Gasteiger partial charge on any atom is -0.380 e. The highest BCUT2D eigenvalue weighted by Crippen LogP contribution is 2.04. The van der Waals surface area contributed by atoms with E-state index in [9.17, 15) is 9.59 Å². The Labute approximate surface area is 88.7 Å². The maximum absolute atomic E-state index is 11.4. The predicted octanol–water partition coefficient (Wildman–Crippen LogP) is -0.791. The first-order valence-corrected chi connectivity index (χ1v) is 5.00. The Hall–Kier alpha value is -1.14. The Bertz CT molecular complexity index is 239. The lowest BCUT2D eigenvalue weighted by atomic mass is 10.2. The molecular formula is C9H17N3O3. The molecule has 15 heavy (non-hydrogen) atoms. The fourth-order valence-corrected chi connectivity index (χ4v) is 1.38. The Morgan fingerprint density at radius 2 is 2.20 bits per heavy atom. The van der Waals surface area contributed by atoms with Gasteiger partial charge in [0.2, 0.25) is 5.91 Å². The van der Waals surface area contributed by atoms with Crippen LogP contribution in [0.1, 0.15) is 13.3 Å². The van der Waals surface area contributed by atoms with Gasteiger partial charge in [0.15, 0.2) is 0 Å². The number of nitrogens with one attached hydrogen (secondary N) is 3. The first-order valence-electron chi connectivity index (χ1n) is 5.00. The maximum atomic E-state index is 11.4. The highest BCUT2D eigenvalue weighted by Gasteiger charge is 2.21. The monoisotopic (exact) mass is 215 g/mol. The first kappa shape index (κ1) is 11.9. The van der Waals surface area contributed by atoms with Crippen molar-refractivity contribution in [3.05, 3.63) is 0 Å². The topological polar surface area (TPSA) is 79.5 Å². The van der Waals surface area contributed by atoms with E-state index in [1.54, 1.807) is 6.92 Å². The largest absolute Gasteiger partial charge is 0.380 e. The van der Waals surface area contributed by atoms with E-state index in [0.29, 0.717) is 6.61 Å². The lowest BCUT2D eigenvalue weighted by Crippen LogP contribution is -2.50. The Balaban J connectivity index is 2.28. The van der Waals surface area contributed by atoms with Gasteiger partial charge in [0.25, 0.3) is 0 Å². The van der Waals surface area contributed by atoms with E-state index >= 15 is 0 Å². The van der Waals surface area contributed by atoms with Crippen molar-refractivity contribution in [3.63, 3.8) is 0 Å². The summed E-state index contributed by atoms with van der Waals surface area (Å²) in [5.41, 5.74) is 0. The van der Waals surface area contributed by atoms with Gasteiger partial charge in [-0.2, -0.15) is 0 Å². The number of hydrogen-bond acceptors (Lipinski definition) is 4. The third kappa shape index (κ3) is 3.85. The van der Waals surface area contributed by atoms with Crippen molar-refractivity contribution in [2.24, 2.45) is 0 Å². The van der Waals surface area contributed by atoms with Gasteiger partial charge in [-0.1, -0.05) is 0 Å². The highest BCUT2D eigenvalue weighted by atomic mass is 16.5. The number of carbonyl (C=O) groups excluding carboxylic acids is 2. The van der Waals surface area contributed by atoms with Crippen LogP contribution in [-0.4, -0.2) is 44.3 Å². The molecule has 2 unspecified atom stereocenters. The second-order valence-electron chi connectivity index (χ2n) is 3.52. The van der Waals surface area contributed by atoms with Crippen molar-refractivity contribution in [2.75, 3.05) is 20.3 Å². The van der Waals surface area contributed by atoms with E-state index in [2.05, 4.69) is 16.0 Å². The molecule has 0 radical (unpaired) electrons. The number of imide groups is 1. The van der Waals surface area contributed by atoms with Gasteiger partial charge in [0, 0.05) is 19.7 Å². The molecule has 6 heteroatoms. The molecule has 3 amide bonds. The molecule has 1 aliphatic heterocycles. The van der Waals surface area contributed by atoms with Crippen LogP contribution in [0.2, 0.25) is 0 Å². The van der Waals surface area contributed by atoms with Gasteiger partial charge in [-0.15, -0.1) is 0 Å². The molecule has 1 fully saturated rings. The molecule has 0 spiro atoms. The molecule has 86 valence electrons. The minimum atomic E-state index is -0.490. The van der Waals surface area contributed by atoms with Gasteiger partial charge in [0.1, 0.15) is 0 Å². The summed E-state index contributed by atoms with van der Waals surface area (Å²) in [7, 11) is 1.46. The standard InChI is InChI=1S/C9H17N3O3/c1-6(8(13)12-9(14)10-2)11-7-3-4-15-5-7/h6-7,11H,3-5H2,1-2H3,(H2,10,12,13,14). The Kier molecular flexibility index (Phi) is 4.51. The van der Waals surface area contributed by atoms with Crippen LogP contribution in [0, 0.1) is 0 Å². The van der Waals surface area contributed by atoms with E-state index in [4.69, 9.17) is 4.74 Å². The average Bonchev–Trinajstić information content (AvgIpc) is 2.70. The van der Waals surface area contributed by atoms with E-state index in [1.165, 1.54) is 7.05 Å². The summed E-state index contributed by atoms with van der Waals surface area (Å²) in [5.74, 6) is -0.332. The lowest BCUT2D eigenvalue weighted by Gasteiger charge is -2.17. The van der Waals surface area contributed by atoms with E-state index in [-0.39, 0.29) is 11.9 Å². The maximum Gasteiger partial charge on any atom is 0.321 e. The van der Waals surface area contributed by atoms with E-state index < -0.39 is 12.1 Å². The second-order valence-corrected chi connectivity index (χ2v) is 3.52. The number of ether oxygens (including phenoxy) is 1. The molecule has 1 aliphatic rings.